The van der Waals surface area contributed by atoms with Crippen molar-refractivity contribution in [3.63, 3.8) is 0 Å². The molecule has 1 N–H and O–H groups in total. The van der Waals surface area contributed by atoms with Gasteiger partial charge in [-0.05, 0) is 35.6 Å². The van der Waals surface area contributed by atoms with E-state index in [0.29, 0.717) is 19.5 Å². The number of fused-ring (bicyclic) bond motifs is 1. The standard InChI is InChI=1S/C18H23NO3S/c1-12(2)18(17(21)22)8-9-19(11-18)16(20)15-14-6-4-3-5-13(14)7-10-23-15/h3-6,12,15H,7-11H2,1-2H3,(H,21,22). The lowest BCUT2D eigenvalue weighted by Gasteiger charge is -2.31. The largest absolute Gasteiger partial charge is 0.481 e. The molecule has 1 aromatic carbocycles. The number of carbonyl (C=O) groups is 2. The number of aliphatic carboxylic acids is 1. The number of hydrogen-bond donors (Lipinski definition) is 1. The Morgan fingerprint density at radius 1 is 1.35 bits per heavy atom. The predicted octanol–water partition coefficient (Wildman–Crippen LogP) is 2.98. The molecule has 2 atom stereocenters. The number of hydrogen-bond acceptors (Lipinski definition) is 3. The highest BCUT2D eigenvalue weighted by Gasteiger charge is 2.49. The van der Waals surface area contributed by atoms with Gasteiger partial charge in [0, 0.05) is 13.1 Å². The maximum atomic E-state index is 13.0. The molecule has 0 bridgehead atoms. The van der Waals surface area contributed by atoms with Crippen LogP contribution in [0.15, 0.2) is 24.3 Å². The van der Waals surface area contributed by atoms with Crippen LogP contribution < -0.4 is 0 Å². The van der Waals surface area contributed by atoms with Crippen molar-refractivity contribution in [2.45, 2.75) is 31.9 Å². The summed E-state index contributed by atoms with van der Waals surface area (Å²) in [6.07, 6.45) is 1.54. The van der Waals surface area contributed by atoms with Crippen LogP contribution >= 0.6 is 11.8 Å². The first kappa shape index (κ1) is 16.4. The third-order valence-electron chi connectivity index (χ3n) is 5.36. The van der Waals surface area contributed by atoms with Gasteiger partial charge in [-0.3, -0.25) is 9.59 Å². The second-order valence-corrected chi connectivity index (χ2v) is 8.04. The van der Waals surface area contributed by atoms with Gasteiger partial charge in [-0.2, -0.15) is 0 Å². The molecule has 0 spiro atoms. The van der Waals surface area contributed by atoms with Crippen molar-refractivity contribution < 1.29 is 14.7 Å². The van der Waals surface area contributed by atoms with E-state index in [0.717, 1.165) is 17.7 Å². The number of thioether (sulfide) groups is 1. The number of carbonyl (C=O) groups excluding carboxylic acids is 1. The van der Waals surface area contributed by atoms with Gasteiger partial charge in [-0.15, -0.1) is 11.8 Å². The minimum absolute atomic E-state index is 0.0177. The number of carboxylic acids is 1. The van der Waals surface area contributed by atoms with Crippen LogP contribution in [0.3, 0.4) is 0 Å². The first-order valence-electron chi connectivity index (χ1n) is 8.17. The summed E-state index contributed by atoms with van der Waals surface area (Å²) < 4.78 is 0. The number of rotatable bonds is 3. The Morgan fingerprint density at radius 2 is 2.09 bits per heavy atom. The number of carboxylic acid groups (broad SMARTS) is 1. The van der Waals surface area contributed by atoms with Crippen LogP contribution in [-0.4, -0.2) is 40.7 Å². The molecule has 2 aliphatic rings. The molecule has 2 heterocycles. The second-order valence-electron chi connectivity index (χ2n) is 6.83. The number of benzene rings is 1. The predicted molar refractivity (Wildman–Crippen MR) is 91.4 cm³/mol. The molecule has 4 nitrogen and oxygen atoms in total. The van der Waals surface area contributed by atoms with E-state index in [-0.39, 0.29) is 17.1 Å². The molecule has 2 aliphatic heterocycles. The van der Waals surface area contributed by atoms with Crippen LogP contribution in [-0.2, 0) is 16.0 Å². The third-order valence-corrected chi connectivity index (χ3v) is 6.59. The van der Waals surface area contributed by atoms with E-state index < -0.39 is 11.4 Å². The lowest BCUT2D eigenvalue weighted by atomic mass is 9.76. The second kappa shape index (κ2) is 6.19. The zero-order chi connectivity index (χ0) is 16.6. The third kappa shape index (κ3) is 2.75. The Balaban J connectivity index is 1.82. The molecule has 2 unspecified atom stereocenters. The summed E-state index contributed by atoms with van der Waals surface area (Å²) in [5.41, 5.74) is 1.55. The van der Waals surface area contributed by atoms with E-state index in [1.54, 1.807) is 16.7 Å². The molecule has 0 aromatic heterocycles. The van der Waals surface area contributed by atoms with E-state index in [2.05, 4.69) is 6.07 Å². The Kier molecular flexibility index (Phi) is 4.41. The van der Waals surface area contributed by atoms with Crippen LogP contribution in [0.5, 0.6) is 0 Å². The first-order valence-corrected chi connectivity index (χ1v) is 9.22. The molecule has 0 saturated carbocycles. The van der Waals surface area contributed by atoms with Gasteiger partial charge in [0.1, 0.15) is 5.25 Å². The van der Waals surface area contributed by atoms with E-state index in [1.165, 1.54) is 5.56 Å². The van der Waals surface area contributed by atoms with Gasteiger partial charge >= 0.3 is 5.97 Å². The molecule has 23 heavy (non-hydrogen) atoms. The summed E-state index contributed by atoms with van der Waals surface area (Å²) in [4.78, 5) is 26.5. The van der Waals surface area contributed by atoms with Crippen molar-refractivity contribution >= 4 is 23.6 Å². The molecule has 5 heteroatoms. The van der Waals surface area contributed by atoms with Gasteiger partial charge in [0.15, 0.2) is 0 Å². The summed E-state index contributed by atoms with van der Waals surface area (Å²) in [5, 5.41) is 9.48. The van der Waals surface area contributed by atoms with Gasteiger partial charge in [-0.25, -0.2) is 0 Å². The van der Waals surface area contributed by atoms with Crippen molar-refractivity contribution in [1.29, 1.82) is 0 Å². The maximum absolute atomic E-state index is 13.0. The molecule has 3 rings (SSSR count). The zero-order valence-corrected chi connectivity index (χ0v) is 14.4. The summed E-state index contributed by atoms with van der Waals surface area (Å²) >= 11 is 1.68. The Morgan fingerprint density at radius 3 is 2.74 bits per heavy atom. The van der Waals surface area contributed by atoms with Crippen LogP contribution in [0.1, 0.15) is 36.6 Å². The monoisotopic (exact) mass is 333 g/mol. The fraction of sp³-hybridized carbons (Fsp3) is 0.556. The number of likely N-dealkylation sites (tertiary alicyclic amines) is 1. The summed E-state index contributed by atoms with van der Waals surface area (Å²) in [7, 11) is 0. The Labute approximate surface area is 141 Å². The molecule has 1 saturated heterocycles. The quantitative estimate of drug-likeness (QED) is 0.924. The van der Waals surface area contributed by atoms with Gasteiger partial charge in [0.05, 0.1) is 5.41 Å². The molecule has 0 aliphatic carbocycles. The molecular weight excluding hydrogens is 310 g/mol. The highest BCUT2D eigenvalue weighted by atomic mass is 32.2. The van der Waals surface area contributed by atoms with Crippen LogP contribution in [0, 0.1) is 11.3 Å². The van der Waals surface area contributed by atoms with E-state index in [1.807, 2.05) is 32.0 Å². The minimum atomic E-state index is -0.797. The van der Waals surface area contributed by atoms with Crippen LogP contribution in [0.2, 0.25) is 0 Å². The average molecular weight is 333 g/mol. The van der Waals surface area contributed by atoms with E-state index in [4.69, 9.17) is 0 Å². The smallest absolute Gasteiger partial charge is 0.311 e. The number of nitrogens with zero attached hydrogens (tertiary/aromatic N) is 1. The normalized spacial score (nSPS) is 27.1. The Bertz CT molecular complexity index is 630. The highest BCUT2D eigenvalue weighted by Crippen LogP contribution is 2.42. The molecular formula is C18H23NO3S. The van der Waals surface area contributed by atoms with Crippen molar-refractivity contribution in [2.24, 2.45) is 11.3 Å². The lowest BCUT2D eigenvalue weighted by Crippen LogP contribution is -2.41. The van der Waals surface area contributed by atoms with Crippen molar-refractivity contribution in [2.75, 3.05) is 18.8 Å². The van der Waals surface area contributed by atoms with Gasteiger partial charge in [-0.1, -0.05) is 38.1 Å². The van der Waals surface area contributed by atoms with Crippen molar-refractivity contribution in [3.8, 4) is 0 Å². The van der Waals surface area contributed by atoms with Gasteiger partial charge in [0.25, 0.3) is 0 Å². The molecule has 1 amide bonds. The maximum Gasteiger partial charge on any atom is 0.311 e. The van der Waals surface area contributed by atoms with Crippen LogP contribution in [0.4, 0.5) is 0 Å². The minimum Gasteiger partial charge on any atom is -0.481 e. The Hall–Kier alpha value is -1.49. The summed E-state index contributed by atoms with van der Waals surface area (Å²) in [6.45, 7) is 4.75. The van der Waals surface area contributed by atoms with E-state index in [9.17, 15) is 14.7 Å². The van der Waals surface area contributed by atoms with Crippen LogP contribution in [0.25, 0.3) is 0 Å². The molecule has 124 valence electrons. The lowest BCUT2D eigenvalue weighted by molar-refractivity contribution is -0.151. The molecule has 1 aromatic rings. The zero-order valence-electron chi connectivity index (χ0n) is 13.6. The van der Waals surface area contributed by atoms with Gasteiger partial charge < -0.3 is 10.0 Å². The average Bonchev–Trinajstić information content (AvgIpc) is 3.00. The summed E-state index contributed by atoms with van der Waals surface area (Å²) in [5.74, 6) is 0.254. The highest BCUT2D eigenvalue weighted by molar-refractivity contribution is 8.00. The molecule has 1 fully saturated rings. The number of amides is 1. The molecule has 0 radical (unpaired) electrons. The summed E-state index contributed by atoms with van der Waals surface area (Å²) in [6, 6.07) is 8.12. The topological polar surface area (TPSA) is 57.6 Å². The first-order chi connectivity index (χ1) is 11.0. The SMILES string of the molecule is CC(C)C1(C(=O)O)CCN(C(=O)C2SCCc3ccccc32)C1. The van der Waals surface area contributed by atoms with Gasteiger partial charge in [0.2, 0.25) is 5.91 Å². The van der Waals surface area contributed by atoms with Crippen molar-refractivity contribution in [3.05, 3.63) is 35.4 Å². The van der Waals surface area contributed by atoms with Crippen molar-refractivity contribution in [1.82, 2.24) is 4.90 Å². The van der Waals surface area contributed by atoms with E-state index >= 15 is 0 Å². The number of aryl methyl sites for hydroxylation is 1. The fourth-order valence-electron chi connectivity index (χ4n) is 3.68. The fourth-order valence-corrected chi connectivity index (χ4v) is 4.95.